The lowest BCUT2D eigenvalue weighted by molar-refractivity contribution is -0.141. The molecular weight excluding hydrogens is 296 g/mol. The van der Waals surface area contributed by atoms with Crippen molar-refractivity contribution in [3.63, 3.8) is 0 Å². The second-order valence-corrected chi connectivity index (χ2v) is 4.68. The molecule has 6 heteroatoms. The van der Waals surface area contributed by atoms with Gasteiger partial charge in [0.2, 0.25) is 0 Å². The molecule has 0 spiro atoms. The Morgan fingerprint density at radius 1 is 1.13 bits per heavy atom. The lowest BCUT2D eigenvalue weighted by atomic mass is 9.96. The van der Waals surface area contributed by atoms with Gasteiger partial charge in [0.25, 0.3) is 0 Å². The molecule has 6 nitrogen and oxygen atoms in total. The predicted octanol–water partition coefficient (Wildman–Crippen LogP) is 2.16. The number of aliphatic imine (C=N–C) groups is 1. The molecule has 2 bridgehead atoms. The summed E-state index contributed by atoms with van der Waals surface area (Å²) >= 11 is 0. The van der Waals surface area contributed by atoms with Crippen molar-refractivity contribution in [2.24, 2.45) is 4.99 Å². The number of carbonyl (C=O) groups is 2. The summed E-state index contributed by atoms with van der Waals surface area (Å²) in [5.74, 6) is -1.40. The van der Waals surface area contributed by atoms with Gasteiger partial charge in [-0.15, -0.1) is 0 Å². The molecule has 0 atom stereocenters. The van der Waals surface area contributed by atoms with Gasteiger partial charge >= 0.3 is 11.9 Å². The van der Waals surface area contributed by atoms with Gasteiger partial charge in [-0.05, 0) is 25.0 Å². The molecule has 0 aromatic carbocycles. The molecule has 0 unspecified atom stereocenters. The lowest BCUT2D eigenvalue weighted by Crippen LogP contribution is -2.17. The van der Waals surface area contributed by atoms with E-state index in [9.17, 15) is 14.9 Å². The summed E-state index contributed by atoms with van der Waals surface area (Å²) in [6.07, 6.45) is 7.27. The van der Waals surface area contributed by atoms with Crippen molar-refractivity contribution in [3.05, 3.63) is 46.7 Å². The van der Waals surface area contributed by atoms with Crippen LogP contribution in [0.5, 0.6) is 0 Å². The molecule has 0 fully saturated rings. The van der Waals surface area contributed by atoms with Gasteiger partial charge in [-0.25, -0.2) is 14.6 Å². The van der Waals surface area contributed by atoms with E-state index >= 15 is 0 Å². The lowest BCUT2D eigenvalue weighted by Gasteiger charge is -2.11. The zero-order chi connectivity index (χ0) is 16.8. The molecule has 2 aliphatic rings. The van der Waals surface area contributed by atoms with Gasteiger partial charge in [0.1, 0.15) is 11.8 Å². The van der Waals surface area contributed by atoms with Crippen molar-refractivity contribution in [1.82, 2.24) is 0 Å². The Hall–Kier alpha value is -2.94. The van der Waals surface area contributed by atoms with Gasteiger partial charge in [0.05, 0.1) is 18.8 Å². The fourth-order valence-corrected chi connectivity index (χ4v) is 2.27. The maximum absolute atomic E-state index is 12.4. The van der Waals surface area contributed by atoms with Crippen molar-refractivity contribution < 1.29 is 19.1 Å². The van der Waals surface area contributed by atoms with Crippen LogP contribution >= 0.6 is 0 Å². The average molecular weight is 312 g/mol. The number of carbonyl (C=O) groups excluding carboxylic acids is 2. The standard InChI is InChI=1S/C17H16N2O4/c1-3-22-16(20)14-12-8-6-5-7-11(9-12)13(10-18)19-15(14)17(21)23-4-2/h5-8H,3-4,9H2,1-2H3. The normalized spacial score (nSPS) is 16.3. The summed E-state index contributed by atoms with van der Waals surface area (Å²) in [5, 5.41) is 9.32. The molecule has 2 rings (SSSR count). The molecule has 0 saturated carbocycles. The van der Waals surface area contributed by atoms with Crippen LogP contribution in [-0.2, 0) is 19.1 Å². The SMILES string of the molecule is CCOC(=O)C1=C(C(=O)OCC)C2=CC=CC=C(C2)C(C#N)=N1. The van der Waals surface area contributed by atoms with Crippen LogP contribution in [-0.4, -0.2) is 30.9 Å². The van der Waals surface area contributed by atoms with Gasteiger partial charge in [0, 0.05) is 6.42 Å². The molecule has 0 aromatic rings. The maximum Gasteiger partial charge on any atom is 0.357 e. The first-order chi connectivity index (χ1) is 11.1. The molecule has 0 aromatic heterocycles. The molecule has 1 heterocycles. The van der Waals surface area contributed by atoms with E-state index in [-0.39, 0.29) is 30.2 Å². The molecule has 1 aliphatic heterocycles. The van der Waals surface area contributed by atoms with Gasteiger partial charge in [-0.2, -0.15) is 5.26 Å². The fraction of sp³-hybridized carbons (Fsp3) is 0.294. The zero-order valence-corrected chi connectivity index (χ0v) is 13.0. The summed E-state index contributed by atoms with van der Waals surface area (Å²) in [7, 11) is 0. The van der Waals surface area contributed by atoms with Crippen LogP contribution in [0.2, 0.25) is 0 Å². The third-order valence-corrected chi connectivity index (χ3v) is 3.23. The average Bonchev–Trinajstić information content (AvgIpc) is 2.86. The van der Waals surface area contributed by atoms with Crippen LogP contribution in [0.3, 0.4) is 0 Å². The van der Waals surface area contributed by atoms with Crippen molar-refractivity contribution in [2.45, 2.75) is 20.3 Å². The highest BCUT2D eigenvalue weighted by atomic mass is 16.5. The minimum Gasteiger partial charge on any atom is -0.462 e. The van der Waals surface area contributed by atoms with Gasteiger partial charge in [0.15, 0.2) is 5.70 Å². The van der Waals surface area contributed by atoms with Gasteiger partial charge in [-0.1, -0.05) is 24.3 Å². The highest BCUT2D eigenvalue weighted by molar-refractivity contribution is 6.16. The predicted molar refractivity (Wildman–Crippen MR) is 83.3 cm³/mol. The van der Waals surface area contributed by atoms with E-state index in [1.165, 1.54) is 0 Å². The van der Waals surface area contributed by atoms with E-state index in [1.807, 2.05) is 6.07 Å². The molecule has 0 N–H and O–H groups in total. The number of hydrogen-bond acceptors (Lipinski definition) is 6. The van der Waals surface area contributed by atoms with Crippen molar-refractivity contribution >= 4 is 17.7 Å². The second-order valence-electron chi connectivity index (χ2n) is 4.68. The Labute approximate surface area is 134 Å². The Morgan fingerprint density at radius 2 is 1.74 bits per heavy atom. The van der Waals surface area contributed by atoms with E-state index in [1.54, 1.807) is 38.2 Å². The number of nitrogens with zero attached hydrogens (tertiary/aromatic N) is 2. The molecule has 118 valence electrons. The summed E-state index contributed by atoms with van der Waals surface area (Å²) in [6.45, 7) is 3.63. The number of nitriles is 1. The highest BCUT2D eigenvalue weighted by Gasteiger charge is 2.31. The largest absolute Gasteiger partial charge is 0.462 e. The molecule has 0 saturated heterocycles. The first-order valence-corrected chi connectivity index (χ1v) is 7.26. The topological polar surface area (TPSA) is 88.8 Å². The number of hydrogen-bond donors (Lipinski definition) is 0. The van der Waals surface area contributed by atoms with Crippen LogP contribution in [0.15, 0.2) is 51.7 Å². The van der Waals surface area contributed by atoms with Gasteiger partial charge in [-0.3, -0.25) is 0 Å². The minimum atomic E-state index is -0.750. The summed E-state index contributed by atoms with van der Waals surface area (Å²) in [6, 6.07) is 1.97. The monoisotopic (exact) mass is 312 g/mol. The first-order valence-electron chi connectivity index (χ1n) is 7.26. The number of fused-ring (bicyclic) bond motifs is 2. The van der Waals surface area contributed by atoms with Crippen LogP contribution in [0.25, 0.3) is 0 Å². The van der Waals surface area contributed by atoms with E-state index in [0.29, 0.717) is 17.6 Å². The first kappa shape index (κ1) is 16.4. The highest BCUT2D eigenvalue weighted by Crippen LogP contribution is 2.31. The van der Waals surface area contributed by atoms with Gasteiger partial charge < -0.3 is 9.47 Å². The smallest absolute Gasteiger partial charge is 0.357 e. The van der Waals surface area contributed by atoms with Crippen LogP contribution in [0.1, 0.15) is 20.3 Å². The second kappa shape index (κ2) is 7.36. The summed E-state index contributed by atoms with van der Waals surface area (Å²) < 4.78 is 10.0. The molecule has 0 amide bonds. The molecular formula is C17H16N2O4. The van der Waals surface area contributed by atoms with Crippen LogP contribution in [0, 0.1) is 11.3 Å². The number of rotatable bonds is 4. The number of allylic oxidation sites excluding steroid dienone is 5. The quantitative estimate of drug-likeness (QED) is 0.742. The third kappa shape index (κ3) is 3.46. The van der Waals surface area contributed by atoms with Crippen molar-refractivity contribution in [1.29, 1.82) is 5.26 Å². The van der Waals surface area contributed by atoms with E-state index in [0.717, 1.165) is 0 Å². The fourth-order valence-electron chi connectivity index (χ4n) is 2.27. The Bertz CT molecular complexity index is 730. The number of ether oxygens (including phenoxy) is 2. The van der Waals surface area contributed by atoms with E-state index in [2.05, 4.69) is 4.99 Å². The van der Waals surface area contributed by atoms with Crippen molar-refractivity contribution in [3.8, 4) is 6.07 Å². The van der Waals surface area contributed by atoms with Crippen molar-refractivity contribution in [2.75, 3.05) is 13.2 Å². The van der Waals surface area contributed by atoms with E-state index < -0.39 is 11.9 Å². The number of esters is 2. The Balaban J connectivity index is 2.70. The van der Waals surface area contributed by atoms with E-state index in [4.69, 9.17) is 9.47 Å². The Morgan fingerprint density at radius 3 is 2.35 bits per heavy atom. The maximum atomic E-state index is 12.4. The Kier molecular flexibility index (Phi) is 5.26. The third-order valence-electron chi connectivity index (χ3n) is 3.23. The molecule has 23 heavy (non-hydrogen) atoms. The summed E-state index contributed by atoms with van der Waals surface area (Å²) in [5.41, 5.74) is 1.15. The summed E-state index contributed by atoms with van der Waals surface area (Å²) in [4.78, 5) is 28.7. The molecule has 1 aliphatic carbocycles. The molecule has 0 radical (unpaired) electrons. The zero-order valence-electron chi connectivity index (χ0n) is 13.0. The minimum absolute atomic E-state index is 0.0491. The van der Waals surface area contributed by atoms with Crippen LogP contribution in [0.4, 0.5) is 0 Å². The van der Waals surface area contributed by atoms with Crippen LogP contribution < -0.4 is 0 Å².